The molecule has 6 nitrogen and oxygen atoms in total. The quantitative estimate of drug-likeness (QED) is 0.441. The van der Waals surface area contributed by atoms with Gasteiger partial charge in [-0.25, -0.2) is 4.98 Å². The van der Waals surface area contributed by atoms with E-state index in [1.165, 1.54) is 10.9 Å². The fourth-order valence-corrected chi connectivity index (χ4v) is 2.90. The summed E-state index contributed by atoms with van der Waals surface area (Å²) in [4.78, 5) is 11.3. The van der Waals surface area contributed by atoms with Gasteiger partial charge in [-0.05, 0) is 29.7 Å². The van der Waals surface area contributed by atoms with E-state index >= 15 is 0 Å². The highest BCUT2D eigenvalue weighted by atomic mass is 35.5. The number of anilines is 1. The second-order valence-electron chi connectivity index (χ2n) is 5.13. The zero-order chi connectivity index (χ0) is 16.9. The highest BCUT2D eigenvalue weighted by molar-refractivity contribution is 6.33. The number of fused-ring (bicyclic) bond motifs is 1. The van der Waals surface area contributed by atoms with Crippen molar-refractivity contribution in [2.45, 2.75) is 6.42 Å². The second-order valence-corrected chi connectivity index (χ2v) is 5.83. The van der Waals surface area contributed by atoms with Gasteiger partial charge in [0.2, 0.25) is 5.28 Å². The summed E-state index contributed by atoms with van der Waals surface area (Å²) < 4.78 is 5.52. The summed E-state index contributed by atoms with van der Waals surface area (Å²) in [5.74, 6) is 0.832. The van der Waals surface area contributed by atoms with Crippen molar-refractivity contribution in [1.29, 1.82) is 0 Å². The van der Waals surface area contributed by atoms with Crippen LogP contribution in [0.3, 0.4) is 0 Å². The number of para-hydroxylation sites is 1. The topological polar surface area (TPSA) is 88.8 Å². The Morgan fingerprint density at radius 1 is 1.21 bits per heavy atom. The first kappa shape index (κ1) is 16.8. The Hall–Kier alpha value is -2.02. The second kappa shape index (κ2) is 7.70. The maximum absolute atomic E-state index is 6.08. The van der Waals surface area contributed by atoms with E-state index in [4.69, 9.17) is 33.7 Å². The lowest BCUT2D eigenvalue weighted by Gasteiger charge is -2.13. The molecular weight excluding hydrogens is 349 g/mol. The van der Waals surface area contributed by atoms with E-state index in [1.54, 1.807) is 0 Å². The standard InChI is InChI=1S/C16H17Cl2N5O/c17-14-13(24-8-6-19)15(23-16(18)22-14)20-7-5-10-9-21-12-4-2-1-3-11(10)12/h1-4,9,21H,5-8,19H2,(H,20,22,23). The van der Waals surface area contributed by atoms with Gasteiger partial charge in [0.15, 0.2) is 16.7 Å². The summed E-state index contributed by atoms with van der Waals surface area (Å²) in [7, 11) is 0. The largest absolute Gasteiger partial charge is 0.486 e. The van der Waals surface area contributed by atoms with Gasteiger partial charge in [-0.15, -0.1) is 0 Å². The van der Waals surface area contributed by atoms with E-state index in [0.29, 0.717) is 31.3 Å². The monoisotopic (exact) mass is 365 g/mol. The molecule has 0 radical (unpaired) electrons. The molecule has 0 bridgehead atoms. The average molecular weight is 366 g/mol. The van der Waals surface area contributed by atoms with Crippen LogP contribution in [0.5, 0.6) is 5.75 Å². The molecule has 0 atom stereocenters. The van der Waals surface area contributed by atoms with E-state index in [1.807, 2.05) is 18.3 Å². The molecule has 0 spiro atoms. The van der Waals surface area contributed by atoms with Gasteiger partial charge in [-0.1, -0.05) is 29.8 Å². The fourth-order valence-electron chi connectivity index (χ4n) is 2.46. The number of hydrogen-bond acceptors (Lipinski definition) is 5. The predicted molar refractivity (Wildman–Crippen MR) is 97.1 cm³/mol. The van der Waals surface area contributed by atoms with E-state index < -0.39 is 0 Å². The Morgan fingerprint density at radius 3 is 2.88 bits per heavy atom. The molecule has 4 N–H and O–H groups in total. The first-order chi connectivity index (χ1) is 11.7. The lowest BCUT2D eigenvalue weighted by Crippen LogP contribution is -2.14. The molecule has 2 heterocycles. The maximum atomic E-state index is 6.08. The molecule has 2 aromatic heterocycles. The highest BCUT2D eigenvalue weighted by Gasteiger charge is 2.14. The van der Waals surface area contributed by atoms with Crippen LogP contribution >= 0.6 is 23.2 Å². The first-order valence-electron chi connectivity index (χ1n) is 7.54. The zero-order valence-corrected chi connectivity index (χ0v) is 14.4. The highest BCUT2D eigenvalue weighted by Crippen LogP contribution is 2.31. The van der Waals surface area contributed by atoms with Crippen LogP contribution in [0.4, 0.5) is 5.82 Å². The zero-order valence-electron chi connectivity index (χ0n) is 12.9. The average Bonchev–Trinajstić information content (AvgIpc) is 2.97. The Balaban J connectivity index is 1.72. The van der Waals surface area contributed by atoms with E-state index in [0.717, 1.165) is 11.9 Å². The number of nitrogens with two attached hydrogens (primary N) is 1. The Morgan fingerprint density at radius 2 is 2.04 bits per heavy atom. The van der Waals surface area contributed by atoms with Gasteiger partial charge < -0.3 is 20.8 Å². The summed E-state index contributed by atoms with van der Waals surface area (Å²) in [6.45, 7) is 1.33. The molecule has 3 aromatic rings. The van der Waals surface area contributed by atoms with Crippen molar-refractivity contribution in [3.63, 3.8) is 0 Å². The van der Waals surface area contributed by atoms with Crippen molar-refractivity contribution in [1.82, 2.24) is 15.0 Å². The van der Waals surface area contributed by atoms with E-state index in [2.05, 4.69) is 32.4 Å². The first-order valence-corrected chi connectivity index (χ1v) is 8.29. The van der Waals surface area contributed by atoms with Crippen LogP contribution < -0.4 is 15.8 Å². The number of ether oxygens (including phenoxy) is 1. The lowest BCUT2D eigenvalue weighted by atomic mass is 10.1. The minimum absolute atomic E-state index is 0.0645. The molecule has 0 aliphatic heterocycles. The molecule has 3 rings (SSSR count). The van der Waals surface area contributed by atoms with Crippen LogP contribution in [-0.2, 0) is 6.42 Å². The van der Waals surface area contributed by atoms with Gasteiger partial charge in [0.25, 0.3) is 0 Å². The lowest BCUT2D eigenvalue weighted by molar-refractivity contribution is 0.327. The molecular formula is C16H17Cl2N5O. The molecule has 0 aliphatic rings. The molecule has 0 fully saturated rings. The van der Waals surface area contributed by atoms with Crippen LogP contribution in [0, 0.1) is 0 Å². The number of hydrogen-bond donors (Lipinski definition) is 3. The number of H-pyrrole nitrogens is 1. The number of aromatic nitrogens is 3. The Bertz CT molecular complexity index is 836. The number of aromatic amines is 1. The van der Waals surface area contributed by atoms with Crippen molar-refractivity contribution in [3.05, 3.63) is 46.5 Å². The number of halogens is 2. The predicted octanol–water partition coefficient (Wildman–Crippen LogP) is 3.26. The smallest absolute Gasteiger partial charge is 0.226 e. The van der Waals surface area contributed by atoms with Crippen molar-refractivity contribution >= 4 is 39.9 Å². The Labute approximate surface area is 149 Å². The third-order valence-corrected chi connectivity index (χ3v) is 3.95. The third kappa shape index (κ3) is 3.72. The normalized spacial score (nSPS) is 11.0. The summed E-state index contributed by atoms with van der Waals surface area (Å²) in [6.07, 6.45) is 2.82. The van der Waals surface area contributed by atoms with Crippen LogP contribution in [0.2, 0.25) is 10.4 Å². The minimum atomic E-state index is 0.0645. The van der Waals surface area contributed by atoms with E-state index in [-0.39, 0.29) is 10.4 Å². The summed E-state index contributed by atoms with van der Waals surface area (Å²) in [5.41, 5.74) is 7.80. The van der Waals surface area contributed by atoms with Gasteiger partial charge in [-0.3, -0.25) is 0 Å². The van der Waals surface area contributed by atoms with Gasteiger partial charge in [-0.2, -0.15) is 4.98 Å². The minimum Gasteiger partial charge on any atom is -0.486 e. The van der Waals surface area contributed by atoms with Crippen LogP contribution in [-0.4, -0.2) is 34.6 Å². The number of rotatable bonds is 7. The van der Waals surface area contributed by atoms with Crippen molar-refractivity contribution < 1.29 is 4.74 Å². The fraction of sp³-hybridized carbons (Fsp3) is 0.250. The van der Waals surface area contributed by atoms with Crippen LogP contribution in [0.1, 0.15) is 5.56 Å². The molecule has 0 amide bonds. The summed E-state index contributed by atoms with van der Waals surface area (Å²) >= 11 is 12.0. The van der Waals surface area contributed by atoms with Crippen LogP contribution in [0.25, 0.3) is 10.9 Å². The maximum Gasteiger partial charge on any atom is 0.226 e. The number of nitrogens with zero attached hydrogens (tertiary/aromatic N) is 2. The summed E-state index contributed by atoms with van der Waals surface area (Å²) in [6, 6.07) is 8.17. The van der Waals surface area contributed by atoms with Gasteiger partial charge >= 0.3 is 0 Å². The summed E-state index contributed by atoms with van der Waals surface area (Å²) in [5, 5.41) is 4.64. The van der Waals surface area contributed by atoms with Gasteiger partial charge in [0.05, 0.1) is 0 Å². The van der Waals surface area contributed by atoms with Crippen molar-refractivity contribution in [2.75, 3.05) is 25.0 Å². The van der Waals surface area contributed by atoms with E-state index in [9.17, 15) is 0 Å². The molecule has 0 saturated carbocycles. The molecule has 24 heavy (non-hydrogen) atoms. The molecule has 8 heteroatoms. The van der Waals surface area contributed by atoms with Crippen LogP contribution in [0.15, 0.2) is 30.5 Å². The molecule has 1 aromatic carbocycles. The molecule has 0 unspecified atom stereocenters. The molecule has 0 aliphatic carbocycles. The van der Waals surface area contributed by atoms with Gasteiger partial charge in [0.1, 0.15) is 6.61 Å². The van der Waals surface area contributed by atoms with Crippen molar-refractivity contribution in [2.24, 2.45) is 5.73 Å². The van der Waals surface area contributed by atoms with Crippen molar-refractivity contribution in [3.8, 4) is 5.75 Å². The Kier molecular flexibility index (Phi) is 5.40. The molecule has 0 saturated heterocycles. The van der Waals surface area contributed by atoms with Gasteiger partial charge in [0, 0.05) is 30.2 Å². The third-order valence-electron chi connectivity index (χ3n) is 3.52. The number of benzene rings is 1. The molecule has 126 valence electrons. The SMILES string of the molecule is NCCOc1c(Cl)nc(Cl)nc1NCCc1c[nH]c2ccccc12. The number of nitrogens with one attached hydrogen (secondary N) is 2.